The molecule has 0 atom stereocenters. The summed E-state index contributed by atoms with van der Waals surface area (Å²) in [6.07, 6.45) is 6.74. The number of nitrogens with zero attached hydrogens (tertiary/aromatic N) is 3. The first kappa shape index (κ1) is 17.2. The van der Waals surface area contributed by atoms with Gasteiger partial charge >= 0.3 is 0 Å². The van der Waals surface area contributed by atoms with Crippen molar-refractivity contribution in [2.45, 2.75) is 10.9 Å². The van der Waals surface area contributed by atoms with Crippen LogP contribution in [0.1, 0.15) is 16.3 Å². The molecule has 4 rings (SSSR count). The second-order valence-electron chi connectivity index (χ2n) is 5.74. The fourth-order valence-electron chi connectivity index (χ4n) is 2.46. The molecule has 0 saturated carbocycles. The normalized spacial score (nSPS) is 10.9. The molecule has 0 fully saturated rings. The molecule has 0 aliphatic carbocycles. The van der Waals surface area contributed by atoms with Crippen molar-refractivity contribution in [2.24, 2.45) is 7.05 Å². The fourth-order valence-corrected chi connectivity index (χ4v) is 3.29. The van der Waals surface area contributed by atoms with Crippen molar-refractivity contribution in [1.82, 2.24) is 14.5 Å². The fraction of sp³-hybridized carbons (Fsp3) is 0.105. The number of aromatic nitrogens is 3. The summed E-state index contributed by atoms with van der Waals surface area (Å²) < 4.78 is 12.8. The van der Waals surface area contributed by atoms with E-state index in [0.717, 1.165) is 10.7 Å². The predicted octanol–water partition coefficient (Wildman–Crippen LogP) is 4.21. The Morgan fingerprint density at radius 3 is 2.70 bits per heavy atom. The Morgan fingerprint density at radius 1 is 1.15 bits per heavy atom. The average Bonchev–Trinajstić information content (AvgIpc) is 3.43. The zero-order valence-electron chi connectivity index (χ0n) is 14.5. The number of anilines is 1. The van der Waals surface area contributed by atoms with Crippen LogP contribution in [0, 0.1) is 0 Å². The van der Waals surface area contributed by atoms with Gasteiger partial charge in [0.1, 0.15) is 12.0 Å². The molecule has 3 heterocycles. The number of benzene rings is 1. The maximum atomic E-state index is 12.4. The summed E-state index contributed by atoms with van der Waals surface area (Å²) in [5.41, 5.74) is 1.50. The number of furan rings is 1. The Balaban J connectivity index is 1.37. The van der Waals surface area contributed by atoms with Crippen LogP contribution >= 0.6 is 11.8 Å². The molecule has 1 aromatic carbocycles. The summed E-state index contributed by atoms with van der Waals surface area (Å²) in [4.78, 5) is 20.7. The van der Waals surface area contributed by atoms with Gasteiger partial charge < -0.3 is 18.7 Å². The van der Waals surface area contributed by atoms with Crippen LogP contribution in [0.2, 0.25) is 0 Å². The van der Waals surface area contributed by atoms with E-state index in [1.54, 1.807) is 48.4 Å². The number of amides is 1. The highest BCUT2D eigenvalue weighted by atomic mass is 32.2. The standard InChI is InChI=1S/C19H16N4O3S/c1-23-10-8-21-19(23)27-12-15-6-7-16(26-15)17(24)22-14-4-2-13(3-5-14)18-20-9-11-25-18/h2-11H,12H2,1H3,(H,22,24). The van der Waals surface area contributed by atoms with Crippen molar-refractivity contribution in [3.8, 4) is 11.5 Å². The highest BCUT2D eigenvalue weighted by molar-refractivity contribution is 7.98. The molecule has 1 amide bonds. The number of hydrogen-bond donors (Lipinski definition) is 1. The Kier molecular flexibility index (Phi) is 4.80. The summed E-state index contributed by atoms with van der Waals surface area (Å²) in [6.45, 7) is 0. The summed E-state index contributed by atoms with van der Waals surface area (Å²) in [6, 6.07) is 10.7. The summed E-state index contributed by atoms with van der Waals surface area (Å²) in [5.74, 6) is 1.82. The highest BCUT2D eigenvalue weighted by Gasteiger charge is 2.13. The summed E-state index contributed by atoms with van der Waals surface area (Å²) in [5, 5.41) is 3.71. The number of carbonyl (C=O) groups is 1. The van der Waals surface area contributed by atoms with Gasteiger partial charge in [-0.05, 0) is 36.4 Å². The van der Waals surface area contributed by atoms with E-state index in [1.807, 2.05) is 29.9 Å². The number of rotatable bonds is 6. The van der Waals surface area contributed by atoms with E-state index >= 15 is 0 Å². The highest BCUT2D eigenvalue weighted by Crippen LogP contribution is 2.23. The molecule has 27 heavy (non-hydrogen) atoms. The first-order valence-electron chi connectivity index (χ1n) is 8.19. The third-order valence-electron chi connectivity index (χ3n) is 3.83. The molecule has 1 N–H and O–H groups in total. The Morgan fingerprint density at radius 2 is 2.00 bits per heavy atom. The van der Waals surface area contributed by atoms with E-state index in [1.165, 1.54) is 6.26 Å². The van der Waals surface area contributed by atoms with E-state index in [9.17, 15) is 4.79 Å². The smallest absolute Gasteiger partial charge is 0.291 e. The van der Waals surface area contributed by atoms with E-state index in [-0.39, 0.29) is 11.7 Å². The second-order valence-corrected chi connectivity index (χ2v) is 6.69. The number of carbonyl (C=O) groups excluding carboxylic acids is 1. The van der Waals surface area contributed by atoms with Crippen molar-refractivity contribution in [2.75, 3.05) is 5.32 Å². The SMILES string of the molecule is Cn1ccnc1SCc1ccc(C(=O)Nc2ccc(-c3ncco3)cc2)o1. The Hall–Kier alpha value is -3.26. The number of hydrogen-bond acceptors (Lipinski definition) is 6. The van der Waals surface area contributed by atoms with Gasteiger partial charge in [0.15, 0.2) is 10.9 Å². The first-order valence-corrected chi connectivity index (χ1v) is 9.18. The zero-order valence-corrected chi connectivity index (χ0v) is 15.3. The molecule has 8 heteroatoms. The molecule has 0 aliphatic heterocycles. The van der Waals surface area contributed by atoms with Gasteiger partial charge in [-0.3, -0.25) is 4.79 Å². The van der Waals surface area contributed by atoms with Gasteiger partial charge in [0.2, 0.25) is 5.89 Å². The van der Waals surface area contributed by atoms with E-state index in [4.69, 9.17) is 8.83 Å². The monoisotopic (exact) mass is 380 g/mol. The van der Waals surface area contributed by atoms with Crippen molar-refractivity contribution < 1.29 is 13.6 Å². The van der Waals surface area contributed by atoms with Gasteiger partial charge in [0.05, 0.1) is 11.9 Å². The average molecular weight is 380 g/mol. The van der Waals surface area contributed by atoms with Gasteiger partial charge in [0.25, 0.3) is 5.91 Å². The molecule has 0 unspecified atom stereocenters. The van der Waals surface area contributed by atoms with Crippen LogP contribution in [-0.2, 0) is 12.8 Å². The molecule has 4 aromatic rings. The minimum atomic E-state index is -0.299. The molecular formula is C19H16N4O3S. The van der Waals surface area contributed by atoms with E-state index in [0.29, 0.717) is 23.1 Å². The molecule has 0 spiro atoms. The number of oxazole rings is 1. The van der Waals surface area contributed by atoms with Crippen molar-refractivity contribution in [1.29, 1.82) is 0 Å². The van der Waals surface area contributed by atoms with E-state index in [2.05, 4.69) is 15.3 Å². The topological polar surface area (TPSA) is 86.1 Å². The van der Waals surface area contributed by atoms with Crippen LogP contribution in [0.3, 0.4) is 0 Å². The Bertz CT molecular complexity index is 1040. The molecule has 0 aliphatic rings. The van der Waals surface area contributed by atoms with Crippen LogP contribution in [0.25, 0.3) is 11.5 Å². The molecule has 0 bridgehead atoms. The molecule has 3 aromatic heterocycles. The molecule has 136 valence electrons. The number of nitrogens with one attached hydrogen (secondary N) is 1. The third-order valence-corrected chi connectivity index (χ3v) is 4.91. The van der Waals surface area contributed by atoms with Gasteiger partial charge in [-0.1, -0.05) is 11.8 Å². The van der Waals surface area contributed by atoms with Crippen LogP contribution < -0.4 is 5.32 Å². The van der Waals surface area contributed by atoms with Crippen LogP contribution in [-0.4, -0.2) is 20.4 Å². The van der Waals surface area contributed by atoms with Gasteiger partial charge in [0, 0.05) is 30.7 Å². The van der Waals surface area contributed by atoms with Gasteiger partial charge in [-0.2, -0.15) is 0 Å². The lowest BCUT2D eigenvalue weighted by molar-refractivity contribution is 0.0995. The lowest BCUT2D eigenvalue weighted by Crippen LogP contribution is -2.10. The molecular weight excluding hydrogens is 364 g/mol. The van der Waals surface area contributed by atoms with Crippen LogP contribution in [0.15, 0.2) is 75.2 Å². The van der Waals surface area contributed by atoms with Gasteiger partial charge in [-0.25, -0.2) is 9.97 Å². The number of aryl methyl sites for hydroxylation is 1. The molecule has 7 nitrogen and oxygen atoms in total. The molecule has 0 radical (unpaired) electrons. The lowest BCUT2D eigenvalue weighted by atomic mass is 10.2. The van der Waals surface area contributed by atoms with Crippen LogP contribution in [0.5, 0.6) is 0 Å². The van der Waals surface area contributed by atoms with E-state index < -0.39 is 0 Å². The minimum absolute atomic E-state index is 0.266. The number of imidazole rings is 1. The van der Waals surface area contributed by atoms with Crippen molar-refractivity contribution in [3.05, 3.63) is 72.8 Å². The molecule has 0 saturated heterocycles. The third kappa shape index (κ3) is 3.95. The maximum absolute atomic E-state index is 12.4. The van der Waals surface area contributed by atoms with Gasteiger partial charge in [-0.15, -0.1) is 0 Å². The minimum Gasteiger partial charge on any atom is -0.455 e. The van der Waals surface area contributed by atoms with Crippen LogP contribution in [0.4, 0.5) is 5.69 Å². The first-order chi connectivity index (χ1) is 13.2. The summed E-state index contributed by atoms with van der Waals surface area (Å²) in [7, 11) is 1.93. The lowest BCUT2D eigenvalue weighted by Gasteiger charge is -2.04. The number of thioether (sulfide) groups is 1. The second kappa shape index (κ2) is 7.55. The largest absolute Gasteiger partial charge is 0.455 e. The maximum Gasteiger partial charge on any atom is 0.291 e. The van der Waals surface area contributed by atoms with Crippen molar-refractivity contribution >= 4 is 23.4 Å². The van der Waals surface area contributed by atoms with Crippen molar-refractivity contribution in [3.63, 3.8) is 0 Å². The quantitative estimate of drug-likeness (QED) is 0.504. The predicted molar refractivity (Wildman–Crippen MR) is 101 cm³/mol. The zero-order chi connectivity index (χ0) is 18.6. The summed E-state index contributed by atoms with van der Waals surface area (Å²) >= 11 is 1.55. The Labute approximate surface area is 159 Å².